The first-order valence-electron chi connectivity index (χ1n) is 8.22. The molecule has 0 atom stereocenters. The SMILES string of the molecule is O=C(COC(=O)c1ccc(NS(=O)(=O)c2cccs2)cc1)Nc1ccc(I)cc1. The fourth-order valence-electron chi connectivity index (χ4n) is 2.24. The van der Waals surface area contributed by atoms with E-state index in [9.17, 15) is 18.0 Å². The number of rotatable bonds is 7. The van der Waals surface area contributed by atoms with Crippen LogP contribution in [0.5, 0.6) is 0 Å². The molecule has 7 nitrogen and oxygen atoms in total. The second-order valence-electron chi connectivity index (χ2n) is 5.75. The van der Waals surface area contributed by atoms with E-state index in [4.69, 9.17) is 4.74 Å². The average Bonchev–Trinajstić information content (AvgIpc) is 3.24. The van der Waals surface area contributed by atoms with Gasteiger partial charge in [0.05, 0.1) is 5.56 Å². The molecule has 1 heterocycles. The van der Waals surface area contributed by atoms with E-state index < -0.39 is 28.5 Å². The lowest BCUT2D eigenvalue weighted by molar-refractivity contribution is -0.119. The number of amides is 1. The van der Waals surface area contributed by atoms with Crippen LogP contribution in [0.1, 0.15) is 10.4 Å². The van der Waals surface area contributed by atoms with Gasteiger partial charge in [0.1, 0.15) is 4.21 Å². The van der Waals surface area contributed by atoms with Crippen LogP contribution in [0.15, 0.2) is 70.3 Å². The molecule has 1 aromatic heterocycles. The highest BCUT2D eigenvalue weighted by Gasteiger charge is 2.16. The molecule has 0 unspecified atom stereocenters. The van der Waals surface area contributed by atoms with Crippen molar-refractivity contribution in [3.63, 3.8) is 0 Å². The Balaban J connectivity index is 1.53. The number of nitrogens with one attached hydrogen (secondary N) is 2. The second-order valence-corrected chi connectivity index (χ2v) is 9.85. The Kier molecular flexibility index (Phi) is 6.87. The van der Waals surface area contributed by atoms with Gasteiger partial charge in [0, 0.05) is 14.9 Å². The number of anilines is 2. The Morgan fingerprint density at radius 1 is 0.966 bits per heavy atom. The summed E-state index contributed by atoms with van der Waals surface area (Å²) >= 11 is 3.26. The van der Waals surface area contributed by atoms with Gasteiger partial charge in [-0.1, -0.05) is 6.07 Å². The zero-order chi connectivity index (χ0) is 20.9. The van der Waals surface area contributed by atoms with Gasteiger partial charge in [-0.25, -0.2) is 13.2 Å². The summed E-state index contributed by atoms with van der Waals surface area (Å²) in [6, 6.07) is 16.1. The first-order chi connectivity index (χ1) is 13.8. The van der Waals surface area contributed by atoms with Crippen LogP contribution in [0.25, 0.3) is 0 Å². The molecule has 0 saturated carbocycles. The molecule has 0 aliphatic heterocycles. The van der Waals surface area contributed by atoms with E-state index in [2.05, 4.69) is 32.6 Å². The molecule has 29 heavy (non-hydrogen) atoms. The Bertz CT molecular complexity index is 1100. The molecular formula is C19H15IN2O5S2. The molecule has 0 radical (unpaired) electrons. The van der Waals surface area contributed by atoms with Crippen LogP contribution in [0.2, 0.25) is 0 Å². The number of halogens is 1. The van der Waals surface area contributed by atoms with E-state index in [1.807, 2.05) is 12.1 Å². The number of sulfonamides is 1. The molecule has 1 amide bonds. The lowest BCUT2D eigenvalue weighted by atomic mass is 10.2. The van der Waals surface area contributed by atoms with Crippen LogP contribution in [0.4, 0.5) is 11.4 Å². The minimum Gasteiger partial charge on any atom is -0.452 e. The van der Waals surface area contributed by atoms with E-state index in [1.54, 1.807) is 23.6 Å². The van der Waals surface area contributed by atoms with Crippen molar-refractivity contribution >= 4 is 67.2 Å². The normalized spacial score (nSPS) is 10.9. The van der Waals surface area contributed by atoms with Gasteiger partial charge < -0.3 is 10.1 Å². The van der Waals surface area contributed by atoms with Gasteiger partial charge in [-0.05, 0) is 82.6 Å². The van der Waals surface area contributed by atoms with Gasteiger partial charge >= 0.3 is 5.97 Å². The number of hydrogen-bond acceptors (Lipinski definition) is 6. The van der Waals surface area contributed by atoms with Crippen molar-refractivity contribution < 1.29 is 22.7 Å². The number of esters is 1. The molecule has 0 aliphatic carbocycles. The van der Waals surface area contributed by atoms with Crippen LogP contribution in [-0.2, 0) is 19.6 Å². The molecule has 0 saturated heterocycles. The molecule has 2 N–H and O–H groups in total. The summed E-state index contributed by atoms with van der Waals surface area (Å²) in [6.07, 6.45) is 0. The maximum absolute atomic E-state index is 12.2. The van der Waals surface area contributed by atoms with Gasteiger partial charge in [0.25, 0.3) is 15.9 Å². The average molecular weight is 542 g/mol. The van der Waals surface area contributed by atoms with Gasteiger partial charge in [-0.3, -0.25) is 9.52 Å². The number of thiophene rings is 1. The van der Waals surface area contributed by atoms with Crippen molar-refractivity contribution in [1.29, 1.82) is 0 Å². The van der Waals surface area contributed by atoms with Crippen LogP contribution in [-0.4, -0.2) is 26.9 Å². The van der Waals surface area contributed by atoms with Crippen molar-refractivity contribution in [2.45, 2.75) is 4.21 Å². The number of carbonyl (C=O) groups is 2. The maximum Gasteiger partial charge on any atom is 0.338 e. The topological polar surface area (TPSA) is 102 Å². The first kappa shape index (κ1) is 21.3. The minimum absolute atomic E-state index is 0.195. The van der Waals surface area contributed by atoms with Gasteiger partial charge in [-0.15, -0.1) is 11.3 Å². The van der Waals surface area contributed by atoms with Crippen LogP contribution < -0.4 is 10.0 Å². The molecule has 0 fully saturated rings. The molecule has 3 aromatic rings. The maximum atomic E-state index is 12.2. The third-order valence-corrected chi connectivity index (χ3v) is 7.09. The highest BCUT2D eigenvalue weighted by atomic mass is 127. The summed E-state index contributed by atoms with van der Waals surface area (Å²) in [6.45, 7) is -0.433. The molecule has 150 valence electrons. The van der Waals surface area contributed by atoms with Crippen LogP contribution >= 0.6 is 33.9 Å². The number of carbonyl (C=O) groups excluding carboxylic acids is 2. The molecule has 10 heteroatoms. The van der Waals surface area contributed by atoms with Crippen molar-refractivity contribution in [2.24, 2.45) is 0 Å². The van der Waals surface area contributed by atoms with Crippen molar-refractivity contribution in [2.75, 3.05) is 16.6 Å². The van der Waals surface area contributed by atoms with Gasteiger partial charge in [0.2, 0.25) is 0 Å². The molecule has 3 rings (SSSR count). The molecule has 0 spiro atoms. The zero-order valence-corrected chi connectivity index (χ0v) is 18.6. The van der Waals surface area contributed by atoms with Crippen molar-refractivity contribution in [1.82, 2.24) is 0 Å². The predicted octanol–water partition coefficient (Wildman–Crippen LogP) is 3.95. The molecule has 0 aliphatic rings. The Morgan fingerprint density at radius 2 is 1.62 bits per heavy atom. The largest absolute Gasteiger partial charge is 0.452 e. The van der Waals surface area contributed by atoms with E-state index in [0.29, 0.717) is 11.4 Å². The fraction of sp³-hybridized carbons (Fsp3) is 0.0526. The lowest BCUT2D eigenvalue weighted by Crippen LogP contribution is -2.21. The lowest BCUT2D eigenvalue weighted by Gasteiger charge is -2.08. The van der Waals surface area contributed by atoms with Gasteiger partial charge in [-0.2, -0.15) is 0 Å². The third-order valence-electron chi connectivity index (χ3n) is 3.60. The summed E-state index contributed by atoms with van der Waals surface area (Å²) in [5.74, 6) is -1.14. The number of benzene rings is 2. The number of hydrogen-bond donors (Lipinski definition) is 2. The molecule has 2 aromatic carbocycles. The Hall–Kier alpha value is -2.44. The van der Waals surface area contributed by atoms with Crippen molar-refractivity contribution in [3.8, 4) is 0 Å². The molecular weight excluding hydrogens is 527 g/mol. The fourth-order valence-corrected chi connectivity index (χ4v) is 4.65. The Morgan fingerprint density at radius 3 is 2.24 bits per heavy atom. The molecule has 0 bridgehead atoms. The minimum atomic E-state index is -3.66. The number of ether oxygens (including phenoxy) is 1. The highest BCUT2D eigenvalue weighted by molar-refractivity contribution is 14.1. The van der Waals surface area contributed by atoms with E-state index in [0.717, 1.165) is 14.9 Å². The predicted molar refractivity (Wildman–Crippen MR) is 120 cm³/mol. The van der Waals surface area contributed by atoms with Crippen LogP contribution in [0, 0.1) is 3.57 Å². The van der Waals surface area contributed by atoms with Crippen LogP contribution in [0.3, 0.4) is 0 Å². The van der Waals surface area contributed by atoms with E-state index >= 15 is 0 Å². The van der Waals surface area contributed by atoms with Gasteiger partial charge in [0.15, 0.2) is 6.61 Å². The summed E-state index contributed by atoms with van der Waals surface area (Å²) in [5, 5.41) is 4.30. The monoisotopic (exact) mass is 542 g/mol. The summed E-state index contributed by atoms with van der Waals surface area (Å²) in [4.78, 5) is 24.0. The first-order valence-corrected chi connectivity index (χ1v) is 11.7. The zero-order valence-electron chi connectivity index (χ0n) is 14.8. The summed E-state index contributed by atoms with van der Waals surface area (Å²) < 4.78 is 33.0. The summed E-state index contributed by atoms with van der Waals surface area (Å²) in [5.41, 5.74) is 1.12. The quantitative estimate of drug-likeness (QED) is 0.348. The standard InChI is InChI=1S/C19H15IN2O5S2/c20-14-5-9-15(10-6-14)21-17(23)12-27-19(24)13-3-7-16(8-4-13)22-29(25,26)18-2-1-11-28-18/h1-11,22H,12H2,(H,21,23). The Labute approximate surface area is 185 Å². The highest BCUT2D eigenvalue weighted by Crippen LogP contribution is 2.20. The summed E-state index contributed by atoms with van der Waals surface area (Å²) in [7, 11) is -3.66. The smallest absolute Gasteiger partial charge is 0.338 e. The van der Waals surface area contributed by atoms with E-state index in [-0.39, 0.29) is 9.77 Å². The van der Waals surface area contributed by atoms with E-state index in [1.165, 1.54) is 30.3 Å². The second kappa shape index (κ2) is 9.37. The van der Waals surface area contributed by atoms with Crippen molar-refractivity contribution in [3.05, 3.63) is 75.2 Å². The third kappa shape index (κ3) is 6.02.